The lowest BCUT2D eigenvalue weighted by atomic mass is 9.91. The zero-order chi connectivity index (χ0) is 8.28. The van der Waals surface area contributed by atoms with Gasteiger partial charge in [0.15, 0.2) is 0 Å². The molecule has 0 N–H and O–H groups in total. The minimum atomic E-state index is -0.193. The molecule has 1 heterocycles. The third kappa shape index (κ3) is 0.615. The van der Waals surface area contributed by atoms with Crippen molar-refractivity contribution in [3.63, 3.8) is 0 Å². The third-order valence-electron chi connectivity index (χ3n) is 3.47. The molecule has 0 bridgehead atoms. The van der Waals surface area contributed by atoms with Crippen LogP contribution in [0.4, 0.5) is 0 Å². The second-order valence-corrected chi connectivity index (χ2v) is 3.78. The minimum absolute atomic E-state index is 0.0636. The zero-order valence-corrected chi connectivity index (χ0v) is 7.26. The lowest BCUT2D eigenvalue weighted by molar-refractivity contribution is 0.187. The van der Waals surface area contributed by atoms with E-state index in [1.54, 1.807) is 5.98 Å². The van der Waals surface area contributed by atoms with E-state index in [0.29, 0.717) is 5.92 Å². The molecule has 0 amide bonds. The maximum absolute atomic E-state index is 5.65. The second kappa shape index (κ2) is 1.72. The Hall–Kier alpha value is -0.275. The molecule has 0 aromatic carbocycles. The number of fused-ring (bicyclic) bond motifs is 1. The Balaban J connectivity index is 2.20. The van der Waals surface area contributed by atoms with Crippen molar-refractivity contribution in [1.29, 1.82) is 0 Å². The van der Waals surface area contributed by atoms with E-state index in [4.69, 9.17) is 9.31 Å². The van der Waals surface area contributed by atoms with E-state index in [2.05, 4.69) is 27.4 Å². The maximum Gasteiger partial charge on any atom is 0.486 e. The van der Waals surface area contributed by atoms with E-state index in [9.17, 15) is 0 Å². The van der Waals surface area contributed by atoms with Crippen molar-refractivity contribution in [3.8, 4) is 0 Å². The summed E-state index contributed by atoms with van der Waals surface area (Å²) in [6.45, 7) is 9.98. The van der Waals surface area contributed by atoms with Crippen LogP contribution in [0, 0.1) is 5.92 Å². The molecule has 0 aromatic rings. The van der Waals surface area contributed by atoms with Gasteiger partial charge in [0.05, 0.1) is 11.2 Å². The van der Waals surface area contributed by atoms with Crippen LogP contribution in [0.1, 0.15) is 20.8 Å². The molecule has 1 aliphatic heterocycles. The molecule has 11 heavy (non-hydrogen) atoms. The molecule has 1 saturated carbocycles. The molecule has 2 rings (SSSR count). The molecular formula is C8H13BO2. The van der Waals surface area contributed by atoms with Crippen LogP contribution in [0.3, 0.4) is 0 Å². The molecule has 2 nitrogen and oxygen atoms in total. The Morgan fingerprint density at radius 1 is 1.36 bits per heavy atom. The van der Waals surface area contributed by atoms with Gasteiger partial charge in [-0.1, -0.05) is 12.9 Å². The Labute approximate surface area is 67.7 Å². The van der Waals surface area contributed by atoms with Crippen molar-refractivity contribution < 1.29 is 9.31 Å². The largest absolute Gasteiger partial charge is 0.486 e. The van der Waals surface area contributed by atoms with Crippen LogP contribution in [0.5, 0.6) is 0 Å². The molecule has 1 aliphatic carbocycles. The highest BCUT2D eigenvalue weighted by Gasteiger charge is 2.76. The summed E-state index contributed by atoms with van der Waals surface area (Å²) in [5.74, 6) is 2.21. The molecule has 0 aromatic heterocycles. The first-order valence-electron chi connectivity index (χ1n) is 4.03. The highest BCUT2D eigenvalue weighted by molar-refractivity contribution is 6.51. The predicted octanol–water partition coefficient (Wildman–Crippen LogP) is 1.41. The van der Waals surface area contributed by atoms with Gasteiger partial charge in [0, 0.05) is 5.92 Å². The van der Waals surface area contributed by atoms with Gasteiger partial charge in [-0.2, -0.15) is 0 Å². The first-order chi connectivity index (χ1) is 5.04. The van der Waals surface area contributed by atoms with Crippen LogP contribution in [0.15, 0.2) is 12.6 Å². The molecule has 2 aliphatic rings. The van der Waals surface area contributed by atoms with Crippen LogP contribution >= 0.6 is 0 Å². The van der Waals surface area contributed by atoms with E-state index in [0.717, 1.165) is 0 Å². The van der Waals surface area contributed by atoms with Gasteiger partial charge in [-0.05, 0) is 13.8 Å². The van der Waals surface area contributed by atoms with Crippen LogP contribution in [0.25, 0.3) is 0 Å². The van der Waals surface area contributed by atoms with E-state index in [1.165, 1.54) is 0 Å². The summed E-state index contributed by atoms with van der Waals surface area (Å²) >= 11 is 0. The predicted molar refractivity (Wildman–Crippen MR) is 44.1 cm³/mol. The first kappa shape index (κ1) is 7.38. The average Bonchev–Trinajstić information content (AvgIpc) is 2.26. The van der Waals surface area contributed by atoms with Crippen LogP contribution in [0.2, 0.25) is 0 Å². The lowest BCUT2D eigenvalue weighted by Gasteiger charge is -2.09. The Morgan fingerprint density at radius 3 is 2.18 bits per heavy atom. The Bertz CT molecular complexity index is 200. The molecule has 0 spiro atoms. The monoisotopic (exact) mass is 152 g/mol. The summed E-state index contributed by atoms with van der Waals surface area (Å²) in [4.78, 5) is 0. The van der Waals surface area contributed by atoms with E-state index in [-0.39, 0.29) is 18.3 Å². The summed E-state index contributed by atoms with van der Waals surface area (Å²) in [6, 6.07) is 0. The quantitative estimate of drug-likeness (QED) is 0.529. The number of rotatable bonds is 1. The molecular weight excluding hydrogens is 139 g/mol. The van der Waals surface area contributed by atoms with Gasteiger partial charge >= 0.3 is 7.12 Å². The fourth-order valence-corrected chi connectivity index (χ4v) is 2.02. The van der Waals surface area contributed by atoms with E-state index >= 15 is 0 Å². The van der Waals surface area contributed by atoms with Crippen molar-refractivity contribution in [1.82, 2.24) is 0 Å². The molecule has 2 unspecified atom stereocenters. The average molecular weight is 152 g/mol. The molecule has 1 saturated heterocycles. The van der Waals surface area contributed by atoms with Gasteiger partial charge in [-0.3, -0.25) is 0 Å². The van der Waals surface area contributed by atoms with Crippen LogP contribution in [-0.2, 0) is 9.31 Å². The van der Waals surface area contributed by atoms with Crippen LogP contribution in [-0.4, -0.2) is 18.3 Å². The number of hydrogen-bond donors (Lipinski definition) is 0. The summed E-state index contributed by atoms with van der Waals surface area (Å²) < 4.78 is 11.3. The molecule has 2 fully saturated rings. The summed E-state index contributed by atoms with van der Waals surface area (Å²) in [6.07, 6.45) is 0. The fourth-order valence-electron chi connectivity index (χ4n) is 2.02. The molecule has 60 valence electrons. The van der Waals surface area contributed by atoms with Gasteiger partial charge in [0.25, 0.3) is 0 Å². The standard InChI is InChI=1S/C8H13BO2/c1-5-9-10-7(3)6(2)8(7,4)11-9/h5-6H,1H2,2-4H3. The SMILES string of the molecule is C=CB1OC2(C)C(C)C2(C)O1. The lowest BCUT2D eigenvalue weighted by Crippen LogP contribution is -2.21. The number of hydrogen-bond acceptors (Lipinski definition) is 2. The van der Waals surface area contributed by atoms with Gasteiger partial charge in [-0.25, -0.2) is 0 Å². The topological polar surface area (TPSA) is 18.5 Å². The molecule has 2 atom stereocenters. The van der Waals surface area contributed by atoms with Gasteiger partial charge in [0.2, 0.25) is 0 Å². The third-order valence-corrected chi connectivity index (χ3v) is 3.47. The highest BCUT2D eigenvalue weighted by atomic mass is 16.7. The smallest absolute Gasteiger partial charge is 0.399 e. The molecule has 3 heteroatoms. The second-order valence-electron chi connectivity index (χ2n) is 3.78. The van der Waals surface area contributed by atoms with Crippen molar-refractivity contribution >= 4 is 7.12 Å². The van der Waals surface area contributed by atoms with E-state index in [1.807, 2.05) is 0 Å². The first-order valence-corrected chi connectivity index (χ1v) is 4.03. The Kier molecular flexibility index (Phi) is 1.16. The normalized spacial score (nSPS) is 54.1. The summed E-state index contributed by atoms with van der Waals surface area (Å²) in [5, 5.41) is 0. The van der Waals surface area contributed by atoms with Gasteiger partial charge in [0.1, 0.15) is 0 Å². The maximum atomic E-state index is 5.65. The van der Waals surface area contributed by atoms with Crippen molar-refractivity contribution in [3.05, 3.63) is 12.6 Å². The van der Waals surface area contributed by atoms with Gasteiger partial charge in [-0.15, -0.1) is 6.58 Å². The van der Waals surface area contributed by atoms with Crippen molar-refractivity contribution in [2.75, 3.05) is 0 Å². The summed E-state index contributed by atoms with van der Waals surface area (Å²) in [7, 11) is -0.193. The minimum Gasteiger partial charge on any atom is -0.399 e. The van der Waals surface area contributed by atoms with Crippen LogP contribution < -0.4 is 0 Å². The van der Waals surface area contributed by atoms with E-state index < -0.39 is 0 Å². The van der Waals surface area contributed by atoms with Gasteiger partial charge < -0.3 is 9.31 Å². The highest BCUT2D eigenvalue weighted by Crippen LogP contribution is 2.63. The molecule has 0 radical (unpaired) electrons. The summed E-state index contributed by atoms with van der Waals surface area (Å²) in [5.41, 5.74) is -0.127. The Morgan fingerprint density at radius 2 is 1.82 bits per heavy atom. The van der Waals surface area contributed by atoms with Crippen molar-refractivity contribution in [2.45, 2.75) is 32.0 Å². The zero-order valence-electron chi connectivity index (χ0n) is 7.26. The fraction of sp³-hybridized carbons (Fsp3) is 0.750. The van der Waals surface area contributed by atoms with Crippen molar-refractivity contribution in [2.24, 2.45) is 5.92 Å².